The number of benzene rings is 1. The van der Waals surface area contributed by atoms with E-state index in [0.29, 0.717) is 0 Å². The molecule has 26 heavy (non-hydrogen) atoms. The van der Waals surface area contributed by atoms with E-state index in [4.69, 9.17) is 0 Å². The van der Waals surface area contributed by atoms with Crippen LogP contribution < -0.4 is 5.32 Å². The molecule has 2 heterocycles. The van der Waals surface area contributed by atoms with Crippen molar-refractivity contribution in [2.75, 3.05) is 40.8 Å². The quantitative estimate of drug-likeness (QED) is 0.829. The van der Waals surface area contributed by atoms with Crippen molar-refractivity contribution in [3.05, 3.63) is 47.7 Å². The zero-order chi connectivity index (χ0) is 18.4. The zero-order valence-electron chi connectivity index (χ0n) is 16.3. The minimum absolute atomic E-state index is 0.800. The average Bonchev–Trinajstić information content (AvgIpc) is 2.63. The monoisotopic (exact) mass is 353 g/mol. The molecule has 1 aromatic heterocycles. The standard InChI is InChI=1S/C21H31N5/c1-25(2)14-17-4-6-19(7-5-17)21-9-8-20(23-24-21)16-26(3)15-18-10-12-22-13-11-18/h4-9,18,22H,10-16H2,1-3H3. The maximum absolute atomic E-state index is 4.45. The molecule has 5 nitrogen and oxygen atoms in total. The summed E-state index contributed by atoms with van der Waals surface area (Å²) in [5, 5.41) is 12.3. The van der Waals surface area contributed by atoms with Crippen LogP contribution in [0.1, 0.15) is 24.1 Å². The Bertz CT molecular complexity index is 660. The van der Waals surface area contributed by atoms with Crippen molar-refractivity contribution in [2.24, 2.45) is 5.92 Å². The van der Waals surface area contributed by atoms with E-state index < -0.39 is 0 Å². The first-order chi connectivity index (χ1) is 12.6. The van der Waals surface area contributed by atoms with Gasteiger partial charge in [-0.3, -0.25) is 0 Å². The smallest absolute Gasteiger partial charge is 0.0929 e. The first-order valence-corrected chi connectivity index (χ1v) is 9.56. The second kappa shape index (κ2) is 9.21. The molecule has 140 valence electrons. The predicted molar refractivity (Wildman–Crippen MR) is 107 cm³/mol. The molecule has 1 saturated heterocycles. The number of nitrogens with zero attached hydrogens (tertiary/aromatic N) is 4. The summed E-state index contributed by atoms with van der Waals surface area (Å²) in [4.78, 5) is 4.54. The molecule has 0 aliphatic carbocycles. The molecule has 0 amide bonds. The van der Waals surface area contributed by atoms with E-state index in [1.807, 2.05) is 0 Å². The van der Waals surface area contributed by atoms with Crippen LogP contribution in [0.2, 0.25) is 0 Å². The fraction of sp³-hybridized carbons (Fsp3) is 0.524. The third-order valence-electron chi connectivity index (χ3n) is 4.93. The number of piperidine rings is 1. The zero-order valence-corrected chi connectivity index (χ0v) is 16.3. The SMILES string of the molecule is CN(C)Cc1ccc(-c2ccc(CN(C)CC3CCNCC3)nn2)cc1. The topological polar surface area (TPSA) is 44.3 Å². The van der Waals surface area contributed by atoms with Crippen LogP contribution in [0.5, 0.6) is 0 Å². The summed E-state index contributed by atoms with van der Waals surface area (Å²) in [7, 11) is 6.35. The van der Waals surface area contributed by atoms with Crippen molar-refractivity contribution in [3.63, 3.8) is 0 Å². The van der Waals surface area contributed by atoms with E-state index in [2.05, 4.69) is 82.9 Å². The predicted octanol–water partition coefficient (Wildman–Crippen LogP) is 2.64. The van der Waals surface area contributed by atoms with Crippen molar-refractivity contribution < 1.29 is 0 Å². The van der Waals surface area contributed by atoms with E-state index in [9.17, 15) is 0 Å². The lowest BCUT2D eigenvalue weighted by molar-refractivity contribution is 0.232. The number of hydrogen-bond acceptors (Lipinski definition) is 5. The van der Waals surface area contributed by atoms with E-state index in [1.165, 1.54) is 18.4 Å². The van der Waals surface area contributed by atoms with Crippen molar-refractivity contribution in [1.29, 1.82) is 0 Å². The van der Waals surface area contributed by atoms with Crippen LogP contribution in [0.4, 0.5) is 0 Å². The van der Waals surface area contributed by atoms with E-state index in [1.54, 1.807) is 0 Å². The Hall–Kier alpha value is -1.82. The van der Waals surface area contributed by atoms with Crippen LogP contribution in [0, 0.1) is 5.92 Å². The number of aromatic nitrogens is 2. The second-order valence-electron chi connectivity index (χ2n) is 7.73. The minimum atomic E-state index is 0.800. The average molecular weight is 354 g/mol. The maximum atomic E-state index is 4.45. The molecular weight excluding hydrogens is 322 g/mol. The van der Waals surface area contributed by atoms with Crippen molar-refractivity contribution >= 4 is 0 Å². The molecule has 1 N–H and O–H groups in total. The Kier molecular flexibility index (Phi) is 6.72. The fourth-order valence-electron chi connectivity index (χ4n) is 3.59. The summed E-state index contributed by atoms with van der Waals surface area (Å²) in [5.41, 5.74) is 4.40. The highest BCUT2D eigenvalue weighted by Crippen LogP contribution is 2.18. The molecular formula is C21H31N5. The molecule has 0 bridgehead atoms. The van der Waals surface area contributed by atoms with Crippen LogP contribution in [0.3, 0.4) is 0 Å². The van der Waals surface area contributed by atoms with Crippen molar-refractivity contribution in [2.45, 2.75) is 25.9 Å². The molecule has 5 heteroatoms. The molecule has 0 spiro atoms. The molecule has 0 saturated carbocycles. The number of rotatable bonds is 7. The van der Waals surface area contributed by atoms with Crippen molar-refractivity contribution in [1.82, 2.24) is 25.3 Å². The van der Waals surface area contributed by atoms with Gasteiger partial charge in [-0.25, -0.2) is 0 Å². The Balaban J connectivity index is 1.55. The molecule has 1 fully saturated rings. The van der Waals surface area contributed by atoms with Crippen LogP contribution >= 0.6 is 0 Å². The highest BCUT2D eigenvalue weighted by atomic mass is 15.2. The molecule has 1 aliphatic rings. The van der Waals surface area contributed by atoms with Gasteiger partial charge in [0.15, 0.2) is 0 Å². The Morgan fingerprint density at radius 1 is 0.923 bits per heavy atom. The van der Waals surface area contributed by atoms with Gasteiger partial charge >= 0.3 is 0 Å². The summed E-state index contributed by atoms with van der Waals surface area (Å²) in [6.45, 7) is 5.26. The van der Waals surface area contributed by atoms with Gasteiger partial charge in [0.2, 0.25) is 0 Å². The summed E-state index contributed by atoms with van der Waals surface area (Å²) < 4.78 is 0. The first kappa shape index (κ1) is 19.0. The lowest BCUT2D eigenvalue weighted by Gasteiger charge is -2.27. The van der Waals surface area contributed by atoms with Gasteiger partial charge in [-0.15, -0.1) is 0 Å². The summed E-state index contributed by atoms with van der Waals surface area (Å²) in [5.74, 6) is 0.800. The Morgan fingerprint density at radius 2 is 1.65 bits per heavy atom. The molecule has 1 aromatic carbocycles. The van der Waals surface area contributed by atoms with Gasteiger partial charge in [-0.2, -0.15) is 10.2 Å². The van der Waals surface area contributed by atoms with Crippen molar-refractivity contribution in [3.8, 4) is 11.3 Å². The minimum Gasteiger partial charge on any atom is -0.317 e. The third kappa shape index (κ3) is 5.59. The van der Waals surface area contributed by atoms with Gasteiger partial charge in [0.1, 0.15) is 0 Å². The molecule has 0 atom stereocenters. The van der Waals surface area contributed by atoms with Gasteiger partial charge < -0.3 is 15.1 Å². The largest absolute Gasteiger partial charge is 0.317 e. The molecule has 1 aliphatic heterocycles. The van der Waals surface area contributed by atoms with Crippen LogP contribution in [-0.4, -0.2) is 60.8 Å². The number of nitrogens with one attached hydrogen (secondary N) is 1. The van der Waals surface area contributed by atoms with Gasteiger partial charge in [0.25, 0.3) is 0 Å². The normalized spacial score (nSPS) is 15.7. The number of hydrogen-bond donors (Lipinski definition) is 1. The Morgan fingerprint density at radius 3 is 2.27 bits per heavy atom. The van der Waals surface area contributed by atoms with Crippen LogP contribution in [0.25, 0.3) is 11.3 Å². The van der Waals surface area contributed by atoms with E-state index in [0.717, 1.165) is 55.6 Å². The third-order valence-corrected chi connectivity index (χ3v) is 4.93. The fourth-order valence-corrected chi connectivity index (χ4v) is 3.59. The van der Waals surface area contributed by atoms with Crippen LogP contribution in [-0.2, 0) is 13.1 Å². The van der Waals surface area contributed by atoms with Gasteiger partial charge in [-0.05, 0) is 70.7 Å². The molecule has 3 rings (SSSR count). The van der Waals surface area contributed by atoms with E-state index >= 15 is 0 Å². The van der Waals surface area contributed by atoms with E-state index in [-0.39, 0.29) is 0 Å². The first-order valence-electron chi connectivity index (χ1n) is 9.56. The summed E-state index contributed by atoms with van der Waals surface area (Å²) in [6, 6.07) is 12.8. The molecule has 0 radical (unpaired) electrons. The summed E-state index contributed by atoms with van der Waals surface area (Å²) >= 11 is 0. The van der Waals surface area contributed by atoms with Gasteiger partial charge in [0.05, 0.1) is 11.4 Å². The Labute approximate surface area is 157 Å². The second-order valence-corrected chi connectivity index (χ2v) is 7.73. The highest BCUT2D eigenvalue weighted by Gasteiger charge is 2.15. The van der Waals surface area contributed by atoms with Crippen LogP contribution in [0.15, 0.2) is 36.4 Å². The van der Waals surface area contributed by atoms with Gasteiger partial charge in [0, 0.05) is 25.2 Å². The summed E-state index contributed by atoms with van der Waals surface area (Å²) in [6.07, 6.45) is 2.55. The lowest BCUT2D eigenvalue weighted by atomic mass is 9.98. The molecule has 0 unspecified atom stereocenters. The van der Waals surface area contributed by atoms with Gasteiger partial charge in [-0.1, -0.05) is 24.3 Å². The molecule has 2 aromatic rings. The highest BCUT2D eigenvalue weighted by molar-refractivity contribution is 5.58. The maximum Gasteiger partial charge on any atom is 0.0929 e. The lowest BCUT2D eigenvalue weighted by Crippen LogP contribution is -2.34.